The average Bonchev–Trinajstić information content (AvgIpc) is 2.32. The van der Waals surface area contributed by atoms with Crippen LogP contribution in [0.1, 0.15) is 19.3 Å². The molecule has 16 heavy (non-hydrogen) atoms. The zero-order chi connectivity index (χ0) is 11.4. The largest absolute Gasteiger partial charge is 0.384 e. The van der Waals surface area contributed by atoms with Crippen LogP contribution in [-0.4, -0.2) is 6.54 Å². The van der Waals surface area contributed by atoms with Crippen LogP contribution in [0.4, 0.5) is 5.69 Å². The van der Waals surface area contributed by atoms with Gasteiger partial charge in [-0.25, -0.2) is 0 Å². The highest BCUT2D eigenvalue weighted by molar-refractivity contribution is 9.10. The van der Waals surface area contributed by atoms with Crippen molar-refractivity contribution in [3.8, 4) is 0 Å². The lowest BCUT2D eigenvalue weighted by Crippen LogP contribution is -2.15. The molecule has 0 radical (unpaired) electrons. The summed E-state index contributed by atoms with van der Waals surface area (Å²) in [5, 5.41) is 4.22. The van der Waals surface area contributed by atoms with Crippen molar-refractivity contribution in [3.63, 3.8) is 0 Å². The van der Waals surface area contributed by atoms with Crippen LogP contribution >= 0.6 is 27.5 Å². The van der Waals surface area contributed by atoms with E-state index in [1.807, 2.05) is 12.1 Å². The molecule has 1 N–H and O–H groups in total. The van der Waals surface area contributed by atoms with Gasteiger partial charge in [0.2, 0.25) is 0 Å². The summed E-state index contributed by atoms with van der Waals surface area (Å²) < 4.78 is 0.961. The van der Waals surface area contributed by atoms with Gasteiger partial charge in [-0.3, -0.25) is 0 Å². The van der Waals surface area contributed by atoms with Gasteiger partial charge in [-0.1, -0.05) is 29.8 Å². The third-order valence-corrected chi connectivity index (χ3v) is 4.31. The second-order valence-electron chi connectivity index (χ2n) is 4.13. The normalized spacial score (nSPS) is 19.8. The van der Waals surface area contributed by atoms with Crippen LogP contribution in [0.2, 0.25) is 5.02 Å². The second-order valence-corrected chi connectivity index (χ2v) is 5.33. The topological polar surface area (TPSA) is 12.0 Å². The Morgan fingerprint density at radius 3 is 3.00 bits per heavy atom. The fourth-order valence-electron chi connectivity index (χ4n) is 1.94. The molecule has 0 saturated carbocycles. The number of hydrogen-bond acceptors (Lipinski definition) is 1. The average molecular weight is 301 g/mol. The number of halogens is 2. The SMILES string of the molecule is Clc1cccc(NCC2CC=CCC2)c1Br. The number of nitrogens with one attached hydrogen (secondary N) is 1. The molecule has 0 amide bonds. The van der Waals surface area contributed by atoms with Gasteiger partial charge in [-0.2, -0.15) is 0 Å². The van der Waals surface area contributed by atoms with E-state index in [0.717, 1.165) is 27.6 Å². The Labute approximate surface area is 110 Å². The minimum absolute atomic E-state index is 0.746. The van der Waals surface area contributed by atoms with Gasteiger partial charge >= 0.3 is 0 Å². The third kappa shape index (κ3) is 3.02. The van der Waals surface area contributed by atoms with Gasteiger partial charge in [0.05, 0.1) is 9.50 Å². The molecule has 1 unspecified atom stereocenters. The molecule has 0 aliphatic heterocycles. The number of anilines is 1. The number of rotatable bonds is 3. The molecule has 0 spiro atoms. The molecule has 86 valence electrons. The summed E-state index contributed by atoms with van der Waals surface area (Å²) in [5.74, 6) is 0.746. The molecule has 0 aromatic heterocycles. The first kappa shape index (κ1) is 12.0. The Kier molecular flexibility index (Phi) is 4.30. The minimum Gasteiger partial charge on any atom is -0.384 e. The first-order valence-electron chi connectivity index (χ1n) is 5.60. The van der Waals surface area contributed by atoms with Gasteiger partial charge in [0.1, 0.15) is 0 Å². The summed E-state index contributed by atoms with van der Waals surface area (Å²) in [7, 11) is 0. The molecule has 1 aromatic carbocycles. The Morgan fingerprint density at radius 2 is 2.25 bits per heavy atom. The zero-order valence-electron chi connectivity index (χ0n) is 9.05. The highest BCUT2D eigenvalue weighted by Gasteiger charge is 2.10. The lowest BCUT2D eigenvalue weighted by molar-refractivity contribution is 0.504. The molecule has 0 saturated heterocycles. The van der Waals surface area contributed by atoms with E-state index in [9.17, 15) is 0 Å². The second kappa shape index (κ2) is 5.74. The van der Waals surface area contributed by atoms with Gasteiger partial charge < -0.3 is 5.32 Å². The van der Waals surface area contributed by atoms with Gasteiger partial charge in [0, 0.05) is 12.2 Å². The van der Waals surface area contributed by atoms with E-state index in [4.69, 9.17) is 11.6 Å². The number of hydrogen-bond donors (Lipinski definition) is 1. The van der Waals surface area contributed by atoms with Crippen LogP contribution in [0.5, 0.6) is 0 Å². The molecule has 3 heteroatoms. The van der Waals surface area contributed by atoms with Crippen LogP contribution in [-0.2, 0) is 0 Å². The summed E-state index contributed by atoms with van der Waals surface area (Å²) in [4.78, 5) is 0. The molecular weight excluding hydrogens is 286 g/mol. The van der Waals surface area contributed by atoms with Crippen molar-refractivity contribution in [3.05, 3.63) is 39.8 Å². The molecule has 0 bridgehead atoms. The van der Waals surface area contributed by atoms with E-state index in [-0.39, 0.29) is 0 Å². The maximum absolute atomic E-state index is 6.04. The molecule has 0 heterocycles. The fraction of sp³-hybridized carbons (Fsp3) is 0.385. The van der Waals surface area contributed by atoms with E-state index in [1.165, 1.54) is 19.3 Å². The molecule has 0 fully saturated rings. The van der Waals surface area contributed by atoms with Gasteiger partial charge in [-0.05, 0) is 53.2 Å². The standard InChI is InChI=1S/C13H15BrClN/c14-13-11(15)7-4-8-12(13)16-9-10-5-2-1-3-6-10/h1-2,4,7-8,10,16H,3,5-6,9H2. The van der Waals surface area contributed by atoms with E-state index in [2.05, 4.69) is 39.5 Å². The van der Waals surface area contributed by atoms with Gasteiger partial charge in [0.15, 0.2) is 0 Å². The summed E-state index contributed by atoms with van der Waals surface area (Å²) >= 11 is 9.53. The minimum atomic E-state index is 0.746. The molecular formula is C13H15BrClN. The summed E-state index contributed by atoms with van der Waals surface area (Å²) in [6, 6.07) is 5.91. The molecule has 1 nitrogen and oxygen atoms in total. The molecule has 1 aliphatic rings. The predicted molar refractivity (Wildman–Crippen MR) is 74.1 cm³/mol. The Bertz CT molecular complexity index is 390. The molecule has 2 rings (SSSR count). The highest BCUT2D eigenvalue weighted by atomic mass is 79.9. The van der Waals surface area contributed by atoms with Crippen molar-refractivity contribution in [2.24, 2.45) is 5.92 Å². The number of benzene rings is 1. The van der Waals surface area contributed by atoms with E-state index >= 15 is 0 Å². The first-order chi connectivity index (χ1) is 7.77. The van der Waals surface area contributed by atoms with E-state index < -0.39 is 0 Å². The fourth-order valence-corrected chi connectivity index (χ4v) is 2.52. The first-order valence-corrected chi connectivity index (χ1v) is 6.77. The van der Waals surface area contributed by atoms with Crippen LogP contribution in [0.25, 0.3) is 0 Å². The summed E-state index contributed by atoms with van der Waals surface area (Å²) in [5.41, 5.74) is 1.09. The highest BCUT2D eigenvalue weighted by Crippen LogP contribution is 2.30. The monoisotopic (exact) mass is 299 g/mol. The summed E-state index contributed by atoms with van der Waals surface area (Å²) in [6.07, 6.45) is 8.23. The van der Waals surface area contributed by atoms with Gasteiger partial charge in [0.25, 0.3) is 0 Å². The lowest BCUT2D eigenvalue weighted by Gasteiger charge is -2.19. The van der Waals surface area contributed by atoms with E-state index in [0.29, 0.717) is 0 Å². The van der Waals surface area contributed by atoms with Crippen molar-refractivity contribution in [1.29, 1.82) is 0 Å². The van der Waals surface area contributed by atoms with Gasteiger partial charge in [-0.15, -0.1) is 0 Å². The summed E-state index contributed by atoms with van der Waals surface area (Å²) in [6.45, 7) is 1.02. The van der Waals surface area contributed by atoms with Crippen LogP contribution in [0.15, 0.2) is 34.8 Å². The van der Waals surface area contributed by atoms with Crippen LogP contribution in [0.3, 0.4) is 0 Å². The predicted octanol–water partition coefficient (Wildman–Crippen LogP) is 4.87. The maximum Gasteiger partial charge on any atom is 0.0593 e. The number of allylic oxidation sites excluding steroid dienone is 2. The van der Waals surface area contributed by atoms with Crippen molar-refractivity contribution in [1.82, 2.24) is 0 Å². The maximum atomic E-state index is 6.04. The molecule has 1 aliphatic carbocycles. The Hall–Kier alpha value is -0.470. The van der Waals surface area contributed by atoms with Crippen molar-refractivity contribution < 1.29 is 0 Å². The van der Waals surface area contributed by atoms with Crippen molar-refractivity contribution in [2.75, 3.05) is 11.9 Å². The Morgan fingerprint density at radius 1 is 1.38 bits per heavy atom. The molecule has 1 atom stereocenters. The van der Waals surface area contributed by atoms with Crippen molar-refractivity contribution >= 4 is 33.2 Å². The lowest BCUT2D eigenvalue weighted by atomic mass is 9.94. The van der Waals surface area contributed by atoms with Crippen molar-refractivity contribution in [2.45, 2.75) is 19.3 Å². The molecule has 1 aromatic rings. The van der Waals surface area contributed by atoms with E-state index in [1.54, 1.807) is 0 Å². The van der Waals surface area contributed by atoms with Crippen LogP contribution in [0, 0.1) is 5.92 Å². The van der Waals surface area contributed by atoms with Crippen LogP contribution < -0.4 is 5.32 Å². The smallest absolute Gasteiger partial charge is 0.0593 e. The quantitative estimate of drug-likeness (QED) is 0.785. The Balaban J connectivity index is 1.94. The zero-order valence-corrected chi connectivity index (χ0v) is 11.4. The third-order valence-electron chi connectivity index (χ3n) is 2.91.